The fourth-order valence-corrected chi connectivity index (χ4v) is 2.69. The summed E-state index contributed by atoms with van der Waals surface area (Å²) in [5.41, 5.74) is 1.61. The van der Waals surface area contributed by atoms with Crippen molar-refractivity contribution in [2.45, 2.75) is 32.9 Å². The molecule has 0 saturated carbocycles. The number of benzene rings is 1. The Morgan fingerprint density at radius 3 is 2.85 bits per heavy atom. The fourth-order valence-electron chi connectivity index (χ4n) is 2.07. The zero-order valence-electron chi connectivity index (χ0n) is 11.5. The van der Waals surface area contributed by atoms with Gasteiger partial charge < -0.3 is 9.30 Å². The van der Waals surface area contributed by atoms with Crippen LogP contribution in [0.4, 0.5) is 4.39 Å². The second-order valence-electron chi connectivity index (χ2n) is 4.79. The highest BCUT2D eigenvalue weighted by molar-refractivity contribution is 14.1. The van der Waals surface area contributed by atoms with Crippen LogP contribution in [0.1, 0.15) is 19.7 Å². The van der Waals surface area contributed by atoms with Crippen molar-refractivity contribution in [3.8, 4) is 0 Å². The molecule has 0 saturated heterocycles. The summed E-state index contributed by atoms with van der Waals surface area (Å²) in [6.45, 7) is 5.22. The average molecular weight is 411 g/mol. The molecule has 0 radical (unpaired) electrons. The average Bonchev–Trinajstić information content (AvgIpc) is 2.68. The predicted molar refractivity (Wildman–Crippen MR) is 87.9 cm³/mol. The van der Waals surface area contributed by atoms with E-state index in [9.17, 15) is 4.39 Å². The lowest BCUT2D eigenvalue weighted by Gasteiger charge is -2.11. The number of halogens is 3. The molecule has 0 spiro atoms. The van der Waals surface area contributed by atoms with Gasteiger partial charge in [-0.25, -0.2) is 9.37 Å². The molecule has 6 heteroatoms. The third kappa shape index (κ3) is 3.62. The Labute approximate surface area is 136 Å². The maximum Gasteiger partial charge on any atom is 0.138 e. The number of fused-ring (bicyclic) bond motifs is 1. The Morgan fingerprint density at radius 2 is 2.20 bits per heavy atom. The molecule has 20 heavy (non-hydrogen) atoms. The molecular formula is C14H17ClFIN2O. The van der Waals surface area contributed by atoms with E-state index in [1.165, 1.54) is 6.07 Å². The van der Waals surface area contributed by atoms with Crippen molar-refractivity contribution in [1.29, 1.82) is 0 Å². The first-order valence-electron chi connectivity index (χ1n) is 6.54. The van der Waals surface area contributed by atoms with E-state index in [2.05, 4.69) is 4.98 Å². The van der Waals surface area contributed by atoms with Crippen LogP contribution < -0.4 is 0 Å². The van der Waals surface area contributed by atoms with E-state index < -0.39 is 0 Å². The van der Waals surface area contributed by atoms with Crippen LogP contribution in [0, 0.1) is 9.39 Å². The molecule has 0 atom stereocenters. The van der Waals surface area contributed by atoms with Gasteiger partial charge in [-0.05, 0) is 42.5 Å². The molecule has 0 amide bonds. The SMILES string of the molecule is CC(C)OCCn1c(CCCl)nc2cc(I)c(F)cc21. The first kappa shape index (κ1) is 16.0. The number of ether oxygens (including phenoxy) is 1. The highest BCUT2D eigenvalue weighted by atomic mass is 127. The minimum atomic E-state index is -0.221. The third-order valence-corrected chi connectivity index (χ3v) is 3.97. The largest absolute Gasteiger partial charge is 0.377 e. The van der Waals surface area contributed by atoms with Gasteiger partial charge >= 0.3 is 0 Å². The second-order valence-corrected chi connectivity index (χ2v) is 6.33. The fraction of sp³-hybridized carbons (Fsp3) is 0.500. The highest BCUT2D eigenvalue weighted by Gasteiger charge is 2.13. The Balaban J connectivity index is 2.37. The molecule has 2 aromatic rings. The second kappa shape index (κ2) is 7.04. The Bertz CT molecular complexity index is 600. The number of rotatable bonds is 6. The Hall–Kier alpha value is -0.400. The molecule has 0 aliphatic carbocycles. The van der Waals surface area contributed by atoms with Crippen molar-refractivity contribution in [2.75, 3.05) is 12.5 Å². The summed E-state index contributed by atoms with van der Waals surface area (Å²) in [6, 6.07) is 3.31. The van der Waals surface area contributed by atoms with Gasteiger partial charge in [0.1, 0.15) is 11.6 Å². The molecule has 3 nitrogen and oxygen atoms in total. The van der Waals surface area contributed by atoms with Crippen molar-refractivity contribution in [1.82, 2.24) is 9.55 Å². The van der Waals surface area contributed by atoms with Gasteiger partial charge in [-0.3, -0.25) is 0 Å². The van der Waals surface area contributed by atoms with Crippen LogP contribution in [0.15, 0.2) is 12.1 Å². The van der Waals surface area contributed by atoms with Crippen LogP contribution in [-0.4, -0.2) is 28.1 Å². The lowest BCUT2D eigenvalue weighted by Crippen LogP contribution is -2.13. The molecule has 2 rings (SSSR count). The van der Waals surface area contributed by atoms with Crippen molar-refractivity contribution < 1.29 is 9.13 Å². The summed E-state index contributed by atoms with van der Waals surface area (Å²) in [5.74, 6) is 1.15. The van der Waals surface area contributed by atoms with Crippen LogP contribution >= 0.6 is 34.2 Å². The van der Waals surface area contributed by atoms with E-state index in [0.717, 1.165) is 16.9 Å². The van der Waals surface area contributed by atoms with Crippen molar-refractivity contribution >= 4 is 45.2 Å². The monoisotopic (exact) mass is 410 g/mol. The van der Waals surface area contributed by atoms with E-state index in [1.807, 2.05) is 41.0 Å². The minimum Gasteiger partial charge on any atom is -0.377 e. The lowest BCUT2D eigenvalue weighted by atomic mass is 10.3. The molecule has 0 bridgehead atoms. The molecule has 0 N–H and O–H groups in total. The van der Waals surface area contributed by atoms with Gasteiger partial charge in [0.15, 0.2) is 0 Å². The Kier molecular flexibility index (Phi) is 5.63. The van der Waals surface area contributed by atoms with Crippen LogP contribution in [0.5, 0.6) is 0 Å². The standard InChI is InChI=1S/C14H17ClFIN2O/c1-9(2)20-6-5-19-13-7-10(16)11(17)8-12(13)18-14(19)3-4-15/h7-9H,3-6H2,1-2H3. The predicted octanol–water partition coefficient (Wildman–Crippen LogP) is 3.99. The van der Waals surface area contributed by atoms with Crippen molar-refractivity contribution in [3.05, 3.63) is 27.3 Å². The summed E-state index contributed by atoms with van der Waals surface area (Å²) < 4.78 is 21.9. The molecule has 0 fully saturated rings. The van der Waals surface area contributed by atoms with Gasteiger partial charge in [-0.2, -0.15) is 0 Å². The number of alkyl halides is 1. The van der Waals surface area contributed by atoms with E-state index in [-0.39, 0.29) is 11.9 Å². The van der Waals surface area contributed by atoms with E-state index in [1.54, 1.807) is 6.07 Å². The van der Waals surface area contributed by atoms with Crippen molar-refractivity contribution in [3.63, 3.8) is 0 Å². The van der Waals surface area contributed by atoms with E-state index >= 15 is 0 Å². The lowest BCUT2D eigenvalue weighted by molar-refractivity contribution is 0.0729. The molecule has 0 unspecified atom stereocenters. The van der Waals surface area contributed by atoms with E-state index in [0.29, 0.717) is 29.0 Å². The first-order chi connectivity index (χ1) is 9.52. The summed E-state index contributed by atoms with van der Waals surface area (Å²) in [6.07, 6.45) is 0.842. The molecule has 1 aromatic heterocycles. The number of aromatic nitrogens is 2. The summed E-state index contributed by atoms with van der Waals surface area (Å²) in [4.78, 5) is 4.55. The molecule has 1 heterocycles. The topological polar surface area (TPSA) is 27.1 Å². The smallest absolute Gasteiger partial charge is 0.138 e. The zero-order chi connectivity index (χ0) is 14.7. The quantitative estimate of drug-likeness (QED) is 0.532. The van der Waals surface area contributed by atoms with Crippen LogP contribution in [0.3, 0.4) is 0 Å². The normalized spacial score (nSPS) is 11.7. The molecule has 0 aliphatic heterocycles. The van der Waals surface area contributed by atoms with Gasteiger partial charge in [0.05, 0.1) is 27.3 Å². The number of nitrogens with zero attached hydrogens (tertiary/aromatic N) is 2. The van der Waals surface area contributed by atoms with E-state index in [4.69, 9.17) is 16.3 Å². The van der Waals surface area contributed by atoms with Gasteiger partial charge in [0.25, 0.3) is 0 Å². The minimum absolute atomic E-state index is 0.180. The van der Waals surface area contributed by atoms with Gasteiger partial charge in [-0.1, -0.05) is 0 Å². The molecule has 1 aromatic carbocycles. The third-order valence-electron chi connectivity index (χ3n) is 2.95. The van der Waals surface area contributed by atoms with Crippen LogP contribution in [0.25, 0.3) is 11.0 Å². The first-order valence-corrected chi connectivity index (χ1v) is 8.16. The van der Waals surface area contributed by atoms with Crippen LogP contribution in [0.2, 0.25) is 0 Å². The molecule has 110 valence electrons. The molecule has 0 aliphatic rings. The number of aryl methyl sites for hydroxylation is 1. The maximum atomic E-state index is 13.8. The summed E-state index contributed by atoms with van der Waals surface area (Å²) >= 11 is 7.80. The number of hydrogen-bond acceptors (Lipinski definition) is 2. The number of hydrogen-bond donors (Lipinski definition) is 0. The van der Waals surface area contributed by atoms with Gasteiger partial charge in [0, 0.05) is 24.9 Å². The van der Waals surface area contributed by atoms with Crippen LogP contribution in [-0.2, 0) is 17.7 Å². The Morgan fingerprint density at radius 1 is 1.45 bits per heavy atom. The highest BCUT2D eigenvalue weighted by Crippen LogP contribution is 2.22. The summed E-state index contributed by atoms with van der Waals surface area (Å²) in [7, 11) is 0. The zero-order valence-corrected chi connectivity index (χ0v) is 14.4. The van der Waals surface area contributed by atoms with Crippen molar-refractivity contribution in [2.24, 2.45) is 0 Å². The maximum absolute atomic E-state index is 13.8. The van der Waals surface area contributed by atoms with Gasteiger partial charge in [0.2, 0.25) is 0 Å². The molecular weight excluding hydrogens is 394 g/mol. The van der Waals surface area contributed by atoms with Gasteiger partial charge in [-0.15, -0.1) is 11.6 Å². The number of imidazole rings is 1. The summed E-state index contributed by atoms with van der Waals surface area (Å²) in [5, 5.41) is 0.